The van der Waals surface area contributed by atoms with Crippen LogP contribution in [0.1, 0.15) is 17.2 Å². The number of nitrogens with one attached hydrogen (secondary N) is 2. The summed E-state index contributed by atoms with van der Waals surface area (Å²) in [6.07, 6.45) is -3.00. The second-order valence-electron chi connectivity index (χ2n) is 5.22. The number of aliphatic hydroxyl groups excluding tert-OH is 2. The molecule has 7 nitrogen and oxygen atoms in total. The Bertz CT molecular complexity index is 651. The molecule has 7 heteroatoms. The standard InChI is InChI=1S/C17H21N3O4/c18-20-14-8-4-7-13(9-14)16(22)15(21)10-19-17(23)24-11-12-5-2-1-3-6-12/h1-9,15-16,20-22H,10-11,18H2,(H,19,23). The molecule has 2 aromatic carbocycles. The minimum absolute atomic E-state index is 0.134. The Morgan fingerprint density at radius 3 is 2.58 bits per heavy atom. The lowest BCUT2D eigenvalue weighted by molar-refractivity contribution is 0.0184. The van der Waals surface area contributed by atoms with Crippen LogP contribution in [0.4, 0.5) is 10.5 Å². The van der Waals surface area contributed by atoms with Crippen molar-refractivity contribution in [3.63, 3.8) is 0 Å². The maximum absolute atomic E-state index is 11.6. The first-order chi connectivity index (χ1) is 11.6. The normalized spacial score (nSPS) is 13.0. The van der Waals surface area contributed by atoms with Crippen LogP contribution in [0.25, 0.3) is 0 Å². The van der Waals surface area contributed by atoms with Crippen LogP contribution in [0.15, 0.2) is 54.6 Å². The summed E-state index contributed by atoms with van der Waals surface area (Å²) in [7, 11) is 0. The monoisotopic (exact) mass is 331 g/mol. The number of rotatable bonds is 7. The lowest BCUT2D eigenvalue weighted by Gasteiger charge is -2.19. The van der Waals surface area contributed by atoms with Gasteiger partial charge in [0.15, 0.2) is 0 Å². The van der Waals surface area contributed by atoms with Crippen molar-refractivity contribution in [3.05, 3.63) is 65.7 Å². The van der Waals surface area contributed by atoms with Gasteiger partial charge in [0.25, 0.3) is 0 Å². The number of nitrogen functional groups attached to an aromatic ring is 1. The average Bonchev–Trinajstić information content (AvgIpc) is 2.64. The second-order valence-corrected chi connectivity index (χ2v) is 5.22. The van der Waals surface area contributed by atoms with Crippen LogP contribution in [0, 0.1) is 0 Å². The highest BCUT2D eigenvalue weighted by Gasteiger charge is 2.19. The predicted molar refractivity (Wildman–Crippen MR) is 89.8 cm³/mol. The van der Waals surface area contributed by atoms with Gasteiger partial charge in [0, 0.05) is 12.2 Å². The average molecular weight is 331 g/mol. The van der Waals surface area contributed by atoms with Gasteiger partial charge in [-0.3, -0.25) is 5.84 Å². The third kappa shape index (κ3) is 5.24. The van der Waals surface area contributed by atoms with E-state index in [-0.39, 0.29) is 13.2 Å². The van der Waals surface area contributed by atoms with E-state index in [0.29, 0.717) is 11.3 Å². The first-order valence-corrected chi connectivity index (χ1v) is 7.47. The molecule has 0 heterocycles. The third-order valence-electron chi connectivity index (χ3n) is 3.43. The van der Waals surface area contributed by atoms with E-state index in [2.05, 4.69) is 10.7 Å². The van der Waals surface area contributed by atoms with Crippen molar-refractivity contribution >= 4 is 11.8 Å². The summed E-state index contributed by atoms with van der Waals surface area (Å²) in [5.41, 5.74) is 4.41. The zero-order chi connectivity index (χ0) is 17.4. The largest absolute Gasteiger partial charge is 0.445 e. The zero-order valence-electron chi connectivity index (χ0n) is 13.1. The number of anilines is 1. The minimum Gasteiger partial charge on any atom is -0.445 e. The molecule has 128 valence electrons. The molecule has 0 saturated heterocycles. The van der Waals surface area contributed by atoms with Crippen LogP contribution in [-0.4, -0.2) is 29.0 Å². The molecule has 1 amide bonds. The molecule has 2 rings (SSSR count). The Hall–Kier alpha value is -2.61. The van der Waals surface area contributed by atoms with Crippen LogP contribution in [0.5, 0.6) is 0 Å². The molecule has 6 N–H and O–H groups in total. The Kier molecular flexibility index (Phi) is 6.56. The van der Waals surface area contributed by atoms with E-state index in [9.17, 15) is 15.0 Å². The summed E-state index contributed by atoms with van der Waals surface area (Å²) >= 11 is 0. The summed E-state index contributed by atoms with van der Waals surface area (Å²) in [6.45, 7) is -0.00932. The Balaban J connectivity index is 1.79. The van der Waals surface area contributed by atoms with E-state index in [1.165, 1.54) is 0 Å². The summed E-state index contributed by atoms with van der Waals surface area (Å²) < 4.78 is 5.03. The van der Waals surface area contributed by atoms with Gasteiger partial charge < -0.3 is 25.7 Å². The Labute approximate surface area is 140 Å². The molecule has 0 spiro atoms. The van der Waals surface area contributed by atoms with Crippen LogP contribution in [0.2, 0.25) is 0 Å². The van der Waals surface area contributed by atoms with E-state index in [1.807, 2.05) is 30.3 Å². The van der Waals surface area contributed by atoms with Crippen LogP contribution in [-0.2, 0) is 11.3 Å². The lowest BCUT2D eigenvalue weighted by Crippen LogP contribution is -2.35. The zero-order valence-corrected chi connectivity index (χ0v) is 13.1. The molecule has 24 heavy (non-hydrogen) atoms. The molecule has 0 saturated carbocycles. The van der Waals surface area contributed by atoms with Gasteiger partial charge in [-0.15, -0.1) is 0 Å². The number of nitrogens with two attached hydrogens (primary N) is 1. The minimum atomic E-state index is -1.18. The highest BCUT2D eigenvalue weighted by Crippen LogP contribution is 2.19. The summed E-state index contributed by atoms with van der Waals surface area (Å²) in [6, 6.07) is 15.9. The number of ether oxygens (including phenoxy) is 1. The molecule has 0 aromatic heterocycles. The number of hydrogen-bond acceptors (Lipinski definition) is 6. The van der Waals surface area contributed by atoms with Crippen molar-refractivity contribution in [2.75, 3.05) is 12.0 Å². The Morgan fingerprint density at radius 1 is 1.12 bits per heavy atom. The molecular formula is C17H21N3O4. The fourth-order valence-corrected chi connectivity index (χ4v) is 2.11. The van der Waals surface area contributed by atoms with Gasteiger partial charge in [0.1, 0.15) is 18.8 Å². The van der Waals surface area contributed by atoms with Gasteiger partial charge in [-0.1, -0.05) is 42.5 Å². The van der Waals surface area contributed by atoms with Gasteiger partial charge in [0.05, 0.1) is 0 Å². The SMILES string of the molecule is NNc1cccc(C(O)C(O)CNC(=O)OCc2ccccc2)c1. The number of hydrogen-bond donors (Lipinski definition) is 5. The topological polar surface area (TPSA) is 117 Å². The van der Waals surface area contributed by atoms with E-state index >= 15 is 0 Å². The van der Waals surface area contributed by atoms with Crippen LogP contribution in [0.3, 0.4) is 0 Å². The highest BCUT2D eigenvalue weighted by atomic mass is 16.5. The maximum atomic E-state index is 11.6. The smallest absolute Gasteiger partial charge is 0.407 e. The number of amides is 1. The molecule has 0 radical (unpaired) electrons. The number of carbonyl (C=O) groups is 1. The van der Waals surface area contributed by atoms with E-state index in [0.717, 1.165) is 5.56 Å². The molecule has 2 aromatic rings. The molecule has 2 atom stereocenters. The van der Waals surface area contributed by atoms with E-state index in [4.69, 9.17) is 10.6 Å². The summed E-state index contributed by atoms with van der Waals surface area (Å²) in [4.78, 5) is 11.6. The highest BCUT2D eigenvalue weighted by molar-refractivity contribution is 5.67. The van der Waals surface area contributed by atoms with Gasteiger partial charge in [-0.25, -0.2) is 4.79 Å². The van der Waals surface area contributed by atoms with Crippen molar-refractivity contribution in [2.45, 2.75) is 18.8 Å². The van der Waals surface area contributed by atoms with Crippen LogP contribution >= 0.6 is 0 Å². The van der Waals surface area contributed by atoms with E-state index in [1.54, 1.807) is 24.3 Å². The number of aliphatic hydroxyl groups is 2. The van der Waals surface area contributed by atoms with E-state index < -0.39 is 18.3 Å². The lowest BCUT2D eigenvalue weighted by atomic mass is 10.0. The second kappa shape index (κ2) is 8.88. The summed E-state index contributed by atoms with van der Waals surface area (Å²) in [5, 5.41) is 22.5. The first-order valence-electron chi connectivity index (χ1n) is 7.47. The summed E-state index contributed by atoms with van der Waals surface area (Å²) in [5.74, 6) is 5.31. The van der Waals surface area contributed by atoms with Crippen LogP contribution < -0.4 is 16.6 Å². The number of alkyl carbamates (subject to hydrolysis) is 1. The first kappa shape index (κ1) is 17.7. The molecule has 0 aliphatic rings. The van der Waals surface area contributed by atoms with Gasteiger partial charge in [-0.05, 0) is 23.3 Å². The number of hydrazine groups is 1. The van der Waals surface area contributed by atoms with Crippen molar-refractivity contribution < 1.29 is 19.7 Å². The molecule has 0 aliphatic carbocycles. The van der Waals surface area contributed by atoms with Gasteiger partial charge in [-0.2, -0.15) is 0 Å². The fraction of sp³-hybridized carbons (Fsp3) is 0.235. The predicted octanol–water partition coefficient (Wildman–Crippen LogP) is 1.29. The quantitative estimate of drug-likeness (QED) is 0.386. The van der Waals surface area contributed by atoms with Gasteiger partial charge in [0.2, 0.25) is 0 Å². The molecule has 2 unspecified atom stereocenters. The maximum Gasteiger partial charge on any atom is 0.407 e. The van der Waals surface area contributed by atoms with Gasteiger partial charge >= 0.3 is 6.09 Å². The van der Waals surface area contributed by atoms with Crippen molar-refractivity contribution in [3.8, 4) is 0 Å². The number of benzene rings is 2. The number of carbonyl (C=O) groups excluding carboxylic acids is 1. The third-order valence-corrected chi connectivity index (χ3v) is 3.43. The Morgan fingerprint density at radius 2 is 1.88 bits per heavy atom. The molecule has 0 aliphatic heterocycles. The molecular weight excluding hydrogens is 310 g/mol. The van der Waals surface area contributed by atoms with Crippen molar-refractivity contribution in [1.82, 2.24) is 5.32 Å². The molecule has 0 fully saturated rings. The van der Waals surface area contributed by atoms with Crippen molar-refractivity contribution in [2.24, 2.45) is 5.84 Å². The fourth-order valence-electron chi connectivity index (χ4n) is 2.11. The molecule has 0 bridgehead atoms. The van der Waals surface area contributed by atoms with Crippen molar-refractivity contribution in [1.29, 1.82) is 0 Å².